The van der Waals surface area contributed by atoms with Crippen LogP contribution >= 0.6 is 23.1 Å². The molecule has 0 unspecified atom stereocenters. The molecule has 0 amide bonds. The minimum Gasteiger partial charge on any atom is -0.399 e. The second-order valence-electron chi connectivity index (χ2n) is 3.42. The van der Waals surface area contributed by atoms with E-state index in [4.69, 9.17) is 5.73 Å². The molecule has 0 fully saturated rings. The Hall–Kier alpha value is -1.27. The fraction of sp³-hybridized carbons (Fsp3) is 0.200. The molecule has 0 aliphatic rings. The lowest BCUT2D eigenvalue weighted by Gasteiger charge is -2.03. The zero-order valence-electron chi connectivity index (χ0n) is 9.04. The minimum absolute atomic E-state index is 0.774. The number of rotatable bonds is 3. The topological polar surface area (TPSA) is 55.0 Å². The van der Waals surface area contributed by atoms with Crippen LogP contribution in [-0.2, 0) is 0 Å². The average Bonchev–Trinajstić information content (AvgIpc) is 2.70. The van der Waals surface area contributed by atoms with Gasteiger partial charge < -0.3 is 10.6 Å². The van der Waals surface area contributed by atoms with Gasteiger partial charge in [0.15, 0.2) is 4.34 Å². The van der Waals surface area contributed by atoms with Gasteiger partial charge in [0.2, 0.25) is 5.13 Å². The zero-order valence-corrected chi connectivity index (χ0v) is 10.7. The Morgan fingerprint density at radius 1 is 1.19 bits per heavy atom. The molecule has 0 aliphatic heterocycles. The maximum absolute atomic E-state index is 5.62. The lowest BCUT2D eigenvalue weighted by Crippen LogP contribution is -2.07. The molecular weight excluding hydrogens is 240 g/mol. The first-order chi connectivity index (χ1) is 7.65. The summed E-state index contributed by atoms with van der Waals surface area (Å²) in [5.41, 5.74) is 6.40. The highest BCUT2D eigenvalue weighted by Gasteiger charge is 2.06. The average molecular weight is 252 g/mol. The number of benzene rings is 1. The molecule has 0 saturated carbocycles. The summed E-state index contributed by atoms with van der Waals surface area (Å²) in [6.07, 6.45) is 0. The van der Waals surface area contributed by atoms with Gasteiger partial charge in [-0.25, -0.2) is 0 Å². The fourth-order valence-electron chi connectivity index (χ4n) is 1.06. The summed E-state index contributed by atoms with van der Waals surface area (Å²) in [5.74, 6) is 0. The number of hydrogen-bond donors (Lipinski definition) is 1. The van der Waals surface area contributed by atoms with E-state index >= 15 is 0 Å². The van der Waals surface area contributed by atoms with Crippen LogP contribution in [0.15, 0.2) is 33.5 Å². The molecule has 1 aromatic heterocycles. The van der Waals surface area contributed by atoms with E-state index in [9.17, 15) is 0 Å². The van der Waals surface area contributed by atoms with Crippen molar-refractivity contribution in [2.24, 2.45) is 0 Å². The van der Waals surface area contributed by atoms with E-state index in [0.29, 0.717) is 0 Å². The van der Waals surface area contributed by atoms with E-state index in [2.05, 4.69) is 10.2 Å². The Morgan fingerprint density at radius 3 is 2.44 bits per heavy atom. The van der Waals surface area contributed by atoms with Gasteiger partial charge in [-0.15, -0.1) is 10.2 Å². The predicted octanol–water partition coefficient (Wildman–Crippen LogP) is 2.34. The standard InChI is InChI=1S/C10H12N4S2/c1-14(2)9-12-13-10(16-9)15-8-5-3-7(11)4-6-8/h3-6H,11H2,1-2H3. The summed E-state index contributed by atoms with van der Waals surface area (Å²) in [6, 6.07) is 7.74. The number of nitrogens with two attached hydrogens (primary N) is 1. The number of nitrogen functional groups attached to an aromatic ring is 1. The highest BCUT2D eigenvalue weighted by molar-refractivity contribution is 8.01. The molecule has 6 heteroatoms. The number of aromatic nitrogens is 2. The van der Waals surface area contributed by atoms with E-state index in [-0.39, 0.29) is 0 Å². The highest BCUT2D eigenvalue weighted by Crippen LogP contribution is 2.32. The fourth-order valence-corrected chi connectivity index (χ4v) is 2.80. The SMILES string of the molecule is CN(C)c1nnc(Sc2ccc(N)cc2)s1. The van der Waals surface area contributed by atoms with Crippen molar-refractivity contribution in [1.29, 1.82) is 0 Å². The van der Waals surface area contributed by atoms with E-state index in [0.717, 1.165) is 20.1 Å². The number of anilines is 2. The van der Waals surface area contributed by atoms with Crippen molar-refractivity contribution in [3.05, 3.63) is 24.3 Å². The van der Waals surface area contributed by atoms with E-state index in [1.807, 2.05) is 43.3 Å². The molecule has 2 aromatic rings. The monoisotopic (exact) mass is 252 g/mol. The maximum atomic E-state index is 5.62. The Bertz CT molecular complexity index is 464. The molecule has 0 atom stereocenters. The molecule has 16 heavy (non-hydrogen) atoms. The molecule has 2 N–H and O–H groups in total. The second kappa shape index (κ2) is 4.71. The normalized spacial score (nSPS) is 10.4. The largest absolute Gasteiger partial charge is 0.399 e. The summed E-state index contributed by atoms with van der Waals surface area (Å²) in [7, 11) is 3.91. The third kappa shape index (κ3) is 2.65. The van der Waals surface area contributed by atoms with Crippen molar-refractivity contribution in [1.82, 2.24) is 10.2 Å². The summed E-state index contributed by atoms with van der Waals surface area (Å²) in [6.45, 7) is 0. The lowest BCUT2D eigenvalue weighted by atomic mass is 10.3. The molecule has 1 aromatic carbocycles. The van der Waals surface area contributed by atoms with Gasteiger partial charge in [-0.3, -0.25) is 0 Å². The van der Waals surface area contributed by atoms with Crippen LogP contribution in [0.2, 0.25) is 0 Å². The number of hydrogen-bond acceptors (Lipinski definition) is 6. The van der Waals surface area contributed by atoms with Crippen LogP contribution < -0.4 is 10.6 Å². The van der Waals surface area contributed by atoms with Gasteiger partial charge in [0, 0.05) is 24.7 Å². The molecule has 2 rings (SSSR count). The van der Waals surface area contributed by atoms with E-state index in [1.165, 1.54) is 0 Å². The molecule has 1 heterocycles. The second-order valence-corrected chi connectivity index (χ2v) is 5.69. The minimum atomic E-state index is 0.774. The summed E-state index contributed by atoms with van der Waals surface area (Å²) in [5, 5.41) is 9.11. The van der Waals surface area contributed by atoms with Crippen molar-refractivity contribution < 1.29 is 0 Å². The molecular formula is C10H12N4S2. The number of nitrogens with zero attached hydrogens (tertiary/aromatic N) is 3. The maximum Gasteiger partial charge on any atom is 0.208 e. The Morgan fingerprint density at radius 2 is 1.88 bits per heavy atom. The molecule has 0 aliphatic carbocycles. The zero-order chi connectivity index (χ0) is 11.5. The van der Waals surface area contributed by atoms with Gasteiger partial charge >= 0.3 is 0 Å². The molecule has 0 radical (unpaired) electrons. The van der Waals surface area contributed by atoms with Crippen molar-refractivity contribution >= 4 is 33.9 Å². The molecule has 0 spiro atoms. The van der Waals surface area contributed by atoms with Crippen LogP contribution in [0, 0.1) is 0 Å². The van der Waals surface area contributed by atoms with Crippen molar-refractivity contribution in [3.8, 4) is 0 Å². The predicted molar refractivity (Wildman–Crippen MR) is 69.2 cm³/mol. The van der Waals surface area contributed by atoms with Crippen LogP contribution in [0.25, 0.3) is 0 Å². The van der Waals surface area contributed by atoms with E-state index in [1.54, 1.807) is 23.1 Å². The molecule has 84 valence electrons. The van der Waals surface area contributed by atoms with Crippen molar-refractivity contribution in [3.63, 3.8) is 0 Å². The smallest absolute Gasteiger partial charge is 0.208 e. The highest BCUT2D eigenvalue weighted by atomic mass is 32.2. The van der Waals surface area contributed by atoms with Crippen LogP contribution in [0.3, 0.4) is 0 Å². The van der Waals surface area contributed by atoms with Gasteiger partial charge in [-0.1, -0.05) is 23.1 Å². The van der Waals surface area contributed by atoms with Crippen LogP contribution in [0.1, 0.15) is 0 Å². The Labute approximate surface area is 102 Å². The lowest BCUT2D eigenvalue weighted by molar-refractivity contribution is 0.973. The first kappa shape index (κ1) is 11.2. The van der Waals surface area contributed by atoms with Crippen LogP contribution in [0.5, 0.6) is 0 Å². The van der Waals surface area contributed by atoms with Gasteiger partial charge in [0.25, 0.3) is 0 Å². The summed E-state index contributed by atoms with van der Waals surface area (Å²) in [4.78, 5) is 3.07. The summed E-state index contributed by atoms with van der Waals surface area (Å²) >= 11 is 3.17. The van der Waals surface area contributed by atoms with Gasteiger partial charge in [-0.05, 0) is 24.3 Å². The van der Waals surface area contributed by atoms with Crippen LogP contribution in [0.4, 0.5) is 10.8 Å². The van der Waals surface area contributed by atoms with Crippen molar-refractivity contribution in [2.45, 2.75) is 9.24 Å². The Balaban J connectivity index is 2.11. The molecule has 4 nitrogen and oxygen atoms in total. The quantitative estimate of drug-likeness (QED) is 0.850. The first-order valence-corrected chi connectivity index (χ1v) is 6.32. The molecule has 0 saturated heterocycles. The third-order valence-electron chi connectivity index (χ3n) is 1.86. The van der Waals surface area contributed by atoms with E-state index < -0.39 is 0 Å². The first-order valence-electron chi connectivity index (χ1n) is 4.69. The third-order valence-corrected chi connectivity index (χ3v) is 4.01. The van der Waals surface area contributed by atoms with Gasteiger partial charge in [0.05, 0.1) is 0 Å². The van der Waals surface area contributed by atoms with Crippen molar-refractivity contribution in [2.75, 3.05) is 24.7 Å². The van der Waals surface area contributed by atoms with Gasteiger partial charge in [-0.2, -0.15) is 0 Å². The van der Waals surface area contributed by atoms with Gasteiger partial charge in [0.1, 0.15) is 0 Å². The van der Waals surface area contributed by atoms with Crippen LogP contribution in [-0.4, -0.2) is 24.3 Å². The molecule has 0 bridgehead atoms. The summed E-state index contributed by atoms with van der Waals surface area (Å²) < 4.78 is 0.938. The Kier molecular flexibility index (Phi) is 3.31.